The van der Waals surface area contributed by atoms with Crippen molar-refractivity contribution in [2.75, 3.05) is 5.75 Å². The van der Waals surface area contributed by atoms with E-state index in [1.54, 1.807) is 19.9 Å². The molecule has 0 saturated carbocycles. The first-order valence-electron chi connectivity index (χ1n) is 7.74. The highest BCUT2D eigenvalue weighted by atomic mass is 35.5. The van der Waals surface area contributed by atoms with Gasteiger partial charge in [-0.25, -0.2) is 23.2 Å². The monoisotopic (exact) mass is 396 g/mol. The molecular formula is C17H17ClN2O5S. The van der Waals surface area contributed by atoms with Crippen LogP contribution in [0.1, 0.15) is 46.7 Å². The van der Waals surface area contributed by atoms with Crippen molar-refractivity contribution in [1.29, 1.82) is 0 Å². The zero-order valence-corrected chi connectivity index (χ0v) is 16.0. The standard InChI is InChI=1S/C17H17ClN2O5S/c1-4-7-26(23,24)17-19-9-13(18)15(20-17)16(22)25-14-6-5-12(11(3)21)8-10(14)2/h5-6,8-9H,4,7H2,1-3H3. The maximum atomic E-state index is 12.4. The van der Waals surface area contributed by atoms with Gasteiger partial charge in [-0.15, -0.1) is 0 Å². The molecule has 1 aromatic carbocycles. The molecule has 0 spiro atoms. The van der Waals surface area contributed by atoms with Gasteiger partial charge < -0.3 is 4.74 Å². The highest BCUT2D eigenvalue weighted by Gasteiger charge is 2.23. The van der Waals surface area contributed by atoms with Crippen molar-refractivity contribution in [3.05, 3.63) is 46.2 Å². The van der Waals surface area contributed by atoms with E-state index in [2.05, 4.69) is 9.97 Å². The number of carbonyl (C=O) groups is 2. The Labute approximate surface area is 156 Å². The molecule has 0 N–H and O–H groups in total. The van der Waals surface area contributed by atoms with Crippen molar-refractivity contribution in [2.45, 2.75) is 32.3 Å². The summed E-state index contributed by atoms with van der Waals surface area (Å²) in [5, 5.41) is -0.595. The first-order valence-corrected chi connectivity index (χ1v) is 9.77. The molecular weight excluding hydrogens is 380 g/mol. The van der Waals surface area contributed by atoms with Gasteiger partial charge in [0, 0.05) is 5.56 Å². The molecule has 0 unspecified atom stereocenters. The number of nitrogens with zero attached hydrogens (tertiary/aromatic N) is 2. The van der Waals surface area contributed by atoms with Crippen LogP contribution >= 0.6 is 11.6 Å². The molecule has 0 aliphatic heterocycles. The normalized spacial score (nSPS) is 11.2. The predicted molar refractivity (Wildman–Crippen MR) is 95.5 cm³/mol. The Hall–Kier alpha value is -2.32. The summed E-state index contributed by atoms with van der Waals surface area (Å²) in [6, 6.07) is 4.59. The summed E-state index contributed by atoms with van der Waals surface area (Å²) in [6.07, 6.45) is 1.44. The highest BCUT2D eigenvalue weighted by molar-refractivity contribution is 7.91. The summed E-state index contributed by atoms with van der Waals surface area (Å²) < 4.78 is 29.4. The molecule has 0 atom stereocenters. The summed E-state index contributed by atoms with van der Waals surface area (Å²) in [6.45, 7) is 4.81. The number of carbonyl (C=O) groups excluding carboxylic acids is 2. The van der Waals surface area contributed by atoms with Crippen LogP contribution in [0.5, 0.6) is 5.75 Å². The topological polar surface area (TPSA) is 103 Å². The molecule has 0 bridgehead atoms. The summed E-state index contributed by atoms with van der Waals surface area (Å²) in [5.41, 5.74) is 0.705. The molecule has 2 rings (SSSR count). The number of ether oxygens (including phenoxy) is 1. The van der Waals surface area contributed by atoms with E-state index in [9.17, 15) is 18.0 Å². The van der Waals surface area contributed by atoms with Crippen molar-refractivity contribution in [3.63, 3.8) is 0 Å². The van der Waals surface area contributed by atoms with Gasteiger partial charge in [0.2, 0.25) is 15.0 Å². The number of hydrogen-bond donors (Lipinski definition) is 0. The molecule has 1 heterocycles. The van der Waals surface area contributed by atoms with E-state index in [0.717, 1.165) is 6.20 Å². The van der Waals surface area contributed by atoms with E-state index in [-0.39, 0.29) is 28.0 Å². The van der Waals surface area contributed by atoms with E-state index in [0.29, 0.717) is 17.5 Å². The van der Waals surface area contributed by atoms with Gasteiger partial charge in [0.05, 0.1) is 17.0 Å². The second-order valence-electron chi connectivity index (χ2n) is 5.59. The lowest BCUT2D eigenvalue weighted by Gasteiger charge is -2.09. The minimum Gasteiger partial charge on any atom is -0.421 e. The predicted octanol–water partition coefficient (Wildman–Crippen LogP) is 3.04. The van der Waals surface area contributed by atoms with Gasteiger partial charge >= 0.3 is 5.97 Å². The van der Waals surface area contributed by atoms with Gasteiger partial charge in [-0.3, -0.25) is 4.79 Å². The van der Waals surface area contributed by atoms with Gasteiger partial charge in [-0.2, -0.15) is 0 Å². The Morgan fingerprint density at radius 2 is 1.96 bits per heavy atom. The minimum atomic E-state index is -3.71. The van der Waals surface area contributed by atoms with Crippen LogP contribution < -0.4 is 4.74 Å². The molecule has 7 nitrogen and oxygen atoms in total. The number of esters is 1. The average Bonchev–Trinajstić information content (AvgIpc) is 2.56. The second kappa shape index (κ2) is 7.92. The third-order valence-electron chi connectivity index (χ3n) is 3.45. The SMILES string of the molecule is CCCS(=O)(=O)c1ncc(Cl)c(C(=O)Oc2ccc(C(C)=O)cc2C)n1. The van der Waals surface area contributed by atoms with Gasteiger partial charge in [-0.1, -0.05) is 18.5 Å². The smallest absolute Gasteiger partial charge is 0.364 e. The van der Waals surface area contributed by atoms with Crippen molar-refractivity contribution in [2.24, 2.45) is 0 Å². The first-order chi connectivity index (χ1) is 12.2. The molecule has 1 aromatic heterocycles. The maximum Gasteiger partial charge on any atom is 0.364 e. The van der Waals surface area contributed by atoms with Crippen LogP contribution in [0.2, 0.25) is 5.02 Å². The zero-order chi connectivity index (χ0) is 19.5. The molecule has 26 heavy (non-hydrogen) atoms. The van der Waals surface area contributed by atoms with Crippen LogP contribution in [-0.2, 0) is 9.84 Å². The molecule has 0 aliphatic rings. The molecule has 0 saturated heterocycles. The van der Waals surface area contributed by atoms with Crippen molar-refractivity contribution in [1.82, 2.24) is 9.97 Å². The second-order valence-corrected chi connectivity index (χ2v) is 8.00. The minimum absolute atomic E-state index is 0.115. The number of ketones is 1. The molecule has 0 aliphatic carbocycles. The molecule has 2 aromatic rings. The fourth-order valence-corrected chi connectivity index (χ4v) is 3.47. The maximum absolute atomic E-state index is 12.4. The summed E-state index contributed by atoms with van der Waals surface area (Å²) in [5.74, 6) is -0.957. The number of rotatable bonds is 6. The number of aromatic nitrogens is 2. The van der Waals surface area contributed by atoms with Gasteiger partial charge in [0.1, 0.15) is 5.75 Å². The molecule has 0 radical (unpaired) electrons. The van der Waals surface area contributed by atoms with Crippen LogP contribution in [0, 0.1) is 6.92 Å². The number of hydrogen-bond acceptors (Lipinski definition) is 7. The number of aryl methyl sites for hydroxylation is 1. The number of sulfone groups is 1. The van der Waals surface area contributed by atoms with Crippen molar-refractivity contribution < 1.29 is 22.7 Å². The van der Waals surface area contributed by atoms with Gasteiger partial charge in [-0.05, 0) is 44.0 Å². The fourth-order valence-electron chi connectivity index (χ4n) is 2.14. The summed E-state index contributed by atoms with van der Waals surface area (Å²) in [4.78, 5) is 31.2. The number of benzene rings is 1. The van der Waals surface area contributed by atoms with E-state index in [1.807, 2.05) is 0 Å². The van der Waals surface area contributed by atoms with E-state index < -0.39 is 21.0 Å². The van der Waals surface area contributed by atoms with Crippen LogP contribution in [0.3, 0.4) is 0 Å². The Kier molecular flexibility index (Phi) is 6.09. The molecule has 0 amide bonds. The Morgan fingerprint density at radius 1 is 1.27 bits per heavy atom. The lowest BCUT2D eigenvalue weighted by atomic mass is 10.1. The summed E-state index contributed by atoms with van der Waals surface area (Å²) in [7, 11) is -3.71. The Balaban J connectivity index is 2.34. The lowest BCUT2D eigenvalue weighted by Crippen LogP contribution is -2.17. The number of halogens is 1. The largest absolute Gasteiger partial charge is 0.421 e. The van der Waals surface area contributed by atoms with Crippen LogP contribution in [-0.4, -0.2) is 35.9 Å². The quantitative estimate of drug-likeness (QED) is 0.320. The molecule has 0 fully saturated rings. The summed E-state index contributed by atoms with van der Waals surface area (Å²) >= 11 is 5.93. The van der Waals surface area contributed by atoms with E-state index in [1.165, 1.54) is 19.1 Å². The first kappa shape index (κ1) is 20.0. The van der Waals surface area contributed by atoms with Crippen molar-refractivity contribution >= 4 is 33.2 Å². The van der Waals surface area contributed by atoms with Crippen molar-refractivity contribution in [3.8, 4) is 5.75 Å². The third-order valence-corrected chi connectivity index (χ3v) is 5.43. The van der Waals surface area contributed by atoms with Crippen LogP contribution in [0.25, 0.3) is 0 Å². The van der Waals surface area contributed by atoms with Gasteiger partial charge in [0.25, 0.3) is 0 Å². The van der Waals surface area contributed by atoms with Crippen LogP contribution in [0.15, 0.2) is 29.6 Å². The van der Waals surface area contributed by atoms with Gasteiger partial charge in [0.15, 0.2) is 11.5 Å². The van der Waals surface area contributed by atoms with E-state index >= 15 is 0 Å². The number of Topliss-reactive ketones (excluding diaryl/α,β-unsaturated/α-hetero) is 1. The molecule has 138 valence electrons. The van der Waals surface area contributed by atoms with Crippen LogP contribution in [0.4, 0.5) is 0 Å². The molecule has 9 heteroatoms. The third kappa shape index (κ3) is 4.44. The fraction of sp³-hybridized carbons (Fsp3) is 0.294. The average molecular weight is 397 g/mol. The Morgan fingerprint density at radius 3 is 2.54 bits per heavy atom. The van der Waals surface area contributed by atoms with E-state index in [4.69, 9.17) is 16.3 Å². The zero-order valence-electron chi connectivity index (χ0n) is 14.4. The lowest BCUT2D eigenvalue weighted by molar-refractivity contribution is 0.0726. The Bertz CT molecular complexity index is 973. The highest BCUT2D eigenvalue weighted by Crippen LogP contribution is 2.22.